The molecule has 8 nitrogen and oxygen atoms in total. The third-order valence-corrected chi connectivity index (χ3v) is 3.60. The molecule has 2 heterocycles. The third kappa shape index (κ3) is 3.30. The van der Waals surface area contributed by atoms with Crippen LogP contribution in [0.3, 0.4) is 0 Å². The van der Waals surface area contributed by atoms with Crippen LogP contribution in [-0.2, 0) is 4.74 Å². The van der Waals surface area contributed by atoms with Crippen LogP contribution in [0.15, 0.2) is 17.1 Å². The topological polar surface area (TPSA) is 131 Å². The number of hydrogen-bond donors (Lipinski definition) is 4. The Morgan fingerprint density at radius 3 is 2.64 bits per heavy atom. The van der Waals surface area contributed by atoms with Crippen LogP contribution < -0.4 is 11.4 Å². The van der Waals surface area contributed by atoms with Crippen LogP contribution in [0.5, 0.6) is 0 Å². The number of aromatic nitrogens is 2. The Hall–Kier alpha value is -1.48. The minimum Gasteiger partial charge on any atom is -0.390 e. The molecule has 0 bridgehead atoms. The highest BCUT2D eigenvalue weighted by molar-refractivity contribution is 5.23. The summed E-state index contributed by atoms with van der Waals surface area (Å²) < 4.78 is 6.52. The third-order valence-electron chi connectivity index (χ3n) is 3.60. The molecular formula is C14H25N3O5. The number of anilines is 1. The number of hydrogen-bond acceptors (Lipinski definition) is 7. The van der Waals surface area contributed by atoms with E-state index in [1.54, 1.807) is 6.92 Å². The van der Waals surface area contributed by atoms with Gasteiger partial charge in [0.25, 0.3) is 0 Å². The van der Waals surface area contributed by atoms with E-state index in [4.69, 9.17) is 10.5 Å². The molecular weight excluding hydrogens is 290 g/mol. The van der Waals surface area contributed by atoms with E-state index in [0.29, 0.717) is 6.42 Å². The second kappa shape index (κ2) is 7.19. The van der Waals surface area contributed by atoms with E-state index in [1.165, 1.54) is 19.2 Å². The molecule has 1 aromatic heterocycles. The Labute approximate surface area is 129 Å². The zero-order valence-corrected chi connectivity index (χ0v) is 13.3. The summed E-state index contributed by atoms with van der Waals surface area (Å²) in [6, 6.07) is 1.39. The van der Waals surface area contributed by atoms with Crippen LogP contribution in [0, 0.1) is 0 Å². The van der Waals surface area contributed by atoms with E-state index in [2.05, 4.69) is 4.98 Å². The summed E-state index contributed by atoms with van der Waals surface area (Å²) in [6.45, 7) is 7.06. The van der Waals surface area contributed by atoms with Gasteiger partial charge in [-0.1, -0.05) is 20.8 Å². The highest BCUT2D eigenvalue weighted by atomic mass is 16.6. The molecule has 0 radical (unpaired) electrons. The molecule has 1 saturated heterocycles. The average Bonchev–Trinajstić information content (AvgIpc) is 2.72. The van der Waals surface area contributed by atoms with Gasteiger partial charge in [0.1, 0.15) is 23.6 Å². The molecule has 1 aromatic rings. The van der Waals surface area contributed by atoms with Gasteiger partial charge in [-0.3, -0.25) is 4.57 Å². The Morgan fingerprint density at radius 1 is 1.55 bits per heavy atom. The quantitative estimate of drug-likeness (QED) is 0.598. The van der Waals surface area contributed by atoms with Crippen LogP contribution in [-0.4, -0.2) is 48.8 Å². The molecule has 0 spiro atoms. The second-order valence-corrected chi connectivity index (χ2v) is 5.14. The molecule has 2 unspecified atom stereocenters. The van der Waals surface area contributed by atoms with Gasteiger partial charge >= 0.3 is 5.69 Å². The van der Waals surface area contributed by atoms with E-state index >= 15 is 0 Å². The maximum absolute atomic E-state index is 11.8. The van der Waals surface area contributed by atoms with Gasteiger partial charge in [-0.05, 0) is 19.4 Å². The molecule has 0 aliphatic carbocycles. The average molecular weight is 315 g/mol. The van der Waals surface area contributed by atoms with Crippen LogP contribution in [0.25, 0.3) is 0 Å². The SMILES string of the molecule is CC.CCC(O)C1O[C@@H](n2ccc(N)nc2=O)[C@](C)(O)[C@@H]1O. The number of aliphatic hydroxyl groups is 3. The largest absolute Gasteiger partial charge is 0.390 e. The van der Waals surface area contributed by atoms with Gasteiger partial charge in [0.15, 0.2) is 6.23 Å². The zero-order valence-electron chi connectivity index (χ0n) is 13.3. The van der Waals surface area contributed by atoms with Gasteiger partial charge in [-0.2, -0.15) is 4.98 Å². The standard InChI is InChI=1S/C12H19N3O5.C2H6/c1-3-6(16)8-9(17)12(2,19)10(20-8)15-5-4-7(13)14-11(15)18;1-2/h4-6,8-10,16-17,19H,3H2,1-2H3,(H2,13,14,18);1-2H3/t6?,8?,9-,10-,12-;/m1./s1. The van der Waals surface area contributed by atoms with Crippen molar-refractivity contribution in [3.63, 3.8) is 0 Å². The zero-order chi connectivity index (χ0) is 17.1. The predicted octanol–water partition coefficient (Wildman–Crippen LogP) is -0.368. The van der Waals surface area contributed by atoms with Crippen molar-refractivity contribution in [2.75, 3.05) is 5.73 Å². The smallest absolute Gasteiger partial charge is 0.351 e. The molecule has 8 heteroatoms. The van der Waals surface area contributed by atoms with Gasteiger partial charge in [0.2, 0.25) is 0 Å². The molecule has 1 aliphatic heterocycles. The first-order valence-electron chi connectivity index (χ1n) is 7.37. The Morgan fingerprint density at radius 2 is 2.14 bits per heavy atom. The molecule has 5 atom stereocenters. The number of nitrogen functional groups attached to an aromatic ring is 1. The summed E-state index contributed by atoms with van der Waals surface area (Å²) >= 11 is 0. The van der Waals surface area contributed by atoms with Crippen molar-refractivity contribution in [2.24, 2.45) is 0 Å². The highest BCUT2D eigenvalue weighted by Gasteiger charge is 2.55. The van der Waals surface area contributed by atoms with E-state index < -0.39 is 35.8 Å². The lowest BCUT2D eigenvalue weighted by Crippen LogP contribution is -2.47. The number of aliphatic hydroxyl groups excluding tert-OH is 2. The lowest BCUT2D eigenvalue weighted by atomic mass is 9.93. The van der Waals surface area contributed by atoms with Crippen molar-refractivity contribution in [1.29, 1.82) is 0 Å². The molecule has 2 rings (SSSR count). The summed E-state index contributed by atoms with van der Waals surface area (Å²) in [5.41, 5.74) is 2.97. The number of nitrogens with two attached hydrogens (primary N) is 1. The Bertz CT molecular complexity index is 546. The van der Waals surface area contributed by atoms with Gasteiger partial charge in [0.05, 0.1) is 6.10 Å². The Balaban J connectivity index is 0.00000116. The molecule has 0 amide bonds. The van der Waals surface area contributed by atoms with Crippen molar-refractivity contribution in [2.45, 2.75) is 64.3 Å². The molecule has 126 valence electrons. The maximum atomic E-state index is 11.8. The fourth-order valence-corrected chi connectivity index (χ4v) is 2.32. The van der Waals surface area contributed by atoms with Gasteiger partial charge < -0.3 is 25.8 Å². The molecule has 0 aromatic carbocycles. The van der Waals surface area contributed by atoms with E-state index in [0.717, 1.165) is 4.57 Å². The van der Waals surface area contributed by atoms with Crippen LogP contribution in [0.1, 0.15) is 40.3 Å². The van der Waals surface area contributed by atoms with Crippen molar-refractivity contribution in [1.82, 2.24) is 9.55 Å². The molecule has 1 fully saturated rings. The maximum Gasteiger partial charge on any atom is 0.351 e. The minimum atomic E-state index is -1.73. The summed E-state index contributed by atoms with van der Waals surface area (Å²) in [4.78, 5) is 15.4. The summed E-state index contributed by atoms with van der Waals surface area (Å²) in [5, 5.41) is 30.3. The molecule has 5 N–H and O–H groups in total. The van der Waals surface area contributed by atoms with Crippen LogP contribution in [0.2, 0.25) is 0 Å². The highest BCUT2D eigenvalue weighted by Crippen LogP contribution is 2.39. The summed E-state index contributed by atoms with van der Waals surface area (Å²) in [7, 11) is 0. The van der Waals surface area contributed by atoms with Crippen LogP contribution in [0.4, 0.5) is 5.82 Å². The fraction of sp³-hybridized carbons (Fsp3) is 0.714. The predicted molar refractivity (Wildman–Crippen MR) is 81.1 cm³/mol. The lowest BCUT2D eigenvalue weighted by molar-refractivity contribution is -0.104. The first kappa shape index (κ1) is 18.6. The molecule has 1 aliphatic rings. The molecule has 22 heavy (non-hydrogen) atoms. The fourth-order valence-electron chi connectivity index (χ4n) is 2.32. The monoisotopic (exact) mass is 315 g/mol. The number of nitrogens with zero attached hydrogens (tertiary/aromatic N) is 2. The van der Waals surface area contributed by atoms with E-state index in [9.17, 15) is 20.1 Å². The van der Waals surface area contributed by atoms with Gasteiger partial charge in [-0.15, -0.1) is 0 Å². The van der Waals surface area contributed by atoms with Gasteiger partial charge in [0, 0.05) is 6.20 Å². The summed E-state index contributed by atoms with van der Waals surface area (Å²) in [6.07, 6.45) is -2.73. The van der Waals surface area contributed by atoms with Crippen molar-refractivity contribution < 1.29 is 20.1 Å². The van der Waals surface area contributed by atoms with Crippen molar-refractivity contribution in [3.8, 4) is 0 Å². The van der Waals surface area contributed by atoms with Crippen LogP contribution >= 0.6 is 0 Å². The summed E-state index contributed by atoms with van der Waals surface area (Å²) in [5.74, 6) is 0.0505. The first-order valence-corrected chi connectivity index (χ1v) is 7.37. The second-order valence-electron chi connectivity index (χ2n) is 5.14. The number of rotatable bonds is 3. The normalized spacial score (nSPS) is 32.2. The van der Waals surface area contributed by atoms with E-state index in [1.807, 2.05) is 13.8 Å². The first-order chi connectivity index (χ1) is 10.3. The van der Waals surface area contributed by atoms with Crippen molar-refractivity contribution >= 4 is 5.82 Å². The van der Waals surface area contributed by atoms with Crippen molar-refractivity contribution in [3.05, 3.63) is 22.7 Å². The molecule has 0 saturated carbocycles. The number of ether oxygens (including phenoxy) is 1. The van der Waals surface area contributed by atoms with Gasteiger partial charge in [-0.25, -0.2) is 4.79 Å². The Kier molecular flexibility index (Phi) is 6.07. The minimum absolute atomic E-state index is 0.0505. The van der Waals surface area contributed by atoms with E-state index in [-0.39, 0.29) is 5.82 Å². The lowest BCUT2D eigenvalue weighted by Gasteiger charge is -2.27.